The van der Waals surface area contributed by atoms with E-state index in [0.717, 1.165) is 19.6 Å². The van der Waals surface area contributed by atoms with Crippen molar-refractivity contribution in [3.8, 4) is 0 Å². The molecule has 0 aromatic carbocycles. The molecular formula is C12H24N2O2. The Kier molecular flexibility index (Phi) is 4.74. The van der Waals surface area contributed by atoms with E-state index in [1.54, 1.807) is 0 Å². The largest absolute Gasteiger partial charge is 0.370 e. The lowest BCUT2D eigenvalue weighted by Gasteiger charge is -2.30. The average Bonchev–Trinajstić information content (AvgIpc) is 2.18. The normalized spacial score (nSPS) is 20.0. The molecule has 0 bridgehead atoms. The molecule has 1 unspecified atom stereocenters. The number of amides is 1. The van der Waals surface area contributed by atoms with Gasteiger partial charge in [-0.15, -0.1) is 0 Å². The van der Waals surface area contributed by atoms with Gasteiger partial charge in [-0.3, -0.25) is 4.79 Å². The third-order valence-electron chi connectivity index (χ3n) is 2.60. The van der Waals surface area contributed by atoms with E-state index in [0.29, 0.717) is 12.5 Å². The molecule has 1 fully saturated rings. The number of nitrogens with zero attached hydrogens (tertiary/aromatic N) is 1. The molecular weight excluding hydrogens is 204 g/mol. The van der Waals surface area contributed by atoms with Crippen molar-refractivity contribution in [1.82, 2.24) is 10.2 Å². The monoisotopic (exact) mass is 228 g/mol. The molecule has 1 heterocycles. The maximum Gasteiger partial charge on any atom is 0.248 e. The highest BCUT2D eigenvalue weighted by atomic mass is 16.5. The van der Waals surface area contributed by atoms with E-state index in [1.165, 1.54) is 0 Å². The molecule has 0 aromatic rings. The van der Waals surface area contributed by atoms with Gasteiger partial charge in [-0.05, 0) is 33.2 Å². The Balaban J connectivity index is 2.27. The maximum atomic E-state index is 11.5. The molecule has 1 aliphatic heterocycles. The van der Waals surface area contributed by atoms with Gasteiger partial charge >= 0.3 is 0 Å². The number of nitrogens with one attached hydrogen (secondary N) is 1. The number of hydrogen-bond donors (Lipinski definition) is 1. The minimum atomic E-state index is 0.119. The van der Waals surface area contributed by atoms with Crippen molar-refractivity contribution in [1.29, 1.82) is 0 Å². The van der Waals surface area contributed by atoms with Gasteiger partial charge in [-0.2, -0.15) is 0 Å². The van der Waals surface area contributed by atoms with E-state index >= 15 is 0 Å². The second kappa shape index (κ2) is 5.64. The van der Waals surface area contributed by atoms with Crippen LogP contribution in [0.3, 0.4) is 0 Å². The zero-order chi connectivity index (χ0) is 12.2. The van der Waals surface area contributed by atoms with Crippen LogP contribution in [0.15, 0.2) is 0 Å². The Morgan fingerprint density at radius 2 is 2.19 bits per heavy atom. The highest BCUT2D eigenvalue weighted by Crippen LogP contribution is 2.06. The SMILES string of the molecule is CC(CNC(C)(C)C)CN1CCOCC1=O. The number of carbonyl (C=O) groups excluding carboxylic acids is 1. The summed E-state index contributed by atoms with van der Waals surface area (Å²) in [6.07, 6.45) is 0. The molecule has 0 radical (unpaired) electrons. The van der Waals surface area contributed by atoms with Crippen molar-refractivity contribution < 1.29 is 9.53 Å². The van der Waals surface area contributed by atoms with Crippen LogP contribution in [0.25, 0.3) is 0 Å². The van der Waals surface area contributed by atoms with Crippen molar-refractivity contribution in [2.75, 3.05) is 32.8 Å². The standard InChI is InChI=1S/C12H24N2O2/c1-10(7-13-12(2,3)4)8-14-5-6-16-9-11(14)15/h10,13H,5-9H2,1-4H3. The summed E-state index contributed by atoms with van der Waals surface area (Å²) in [5.74, 6) is 0.593. The van der Waals surface area contributed by atoms with Crippen molar-refractivity contribution in [2.24, 2.45) is 5.92 Å². The second-order valence-corrected chi connectivity index (χ2v) is 5.63. The van der Waals surface area contributed by atoms with Crippen LogP contribution in [-0.2, 0) is 9.53 Å². The first-order valence-corrected chi connectivity index (χ1v) is 5.99. The number of hydrogen-bond acceptors (Lipinski definition) is 3. The van der Waals surface area contributed by atoms with Gasteiger partial charge in [0.05, 0.1) is 6.61 Å². The first kappa shape index (κ1) is 13.5. The molecule has 0 spiro atoms. The number of carbonyl (C=O) groups is 1. The van der Waals surface area contributed by atoms with E-state index in [9.17, 15) is 4.79 Å². The number of rotatable bonds is 4. The van der Waals surface area contributed by atoms with Crippen molar-refractivity contribution >= 4 is 5.91 Å². The van der Waals surface area contributed by atoms with Gasteiger partial charge in [-0.1, -0.05) is 6.92 Å². The average molecular weight is 228 g/mol. The third-order valence-corrected chi connectivity index (χ3v) is 2.60. The topological polar surface area (TPSA) is 41.6 Å². The van der Waals surface area contributed by atoms with Crippen molar-refractivity contribution in [2.45, 2.75) is 33.2 Å². The van der Waals surface area contributed by atoms with Gasteiger partial charge in [0.15, 0.2) is 0 Å². The van der Waals surface area contributed by atoms with E-state index in [1.807, 2.05) is 4.90 Å². The van der Waals surface area contributed by atoms with Gasteiger partial charge < -0.3 is 15.0 Å². The quantitative estimate of drug-likeness (QED) is 0.776. The second-order valence-electron chi connectivity index (χ2n) is 5.63. The summed E-state index contributed by atoms with van der Waals surface area (Å²) in [6, 6.07) is 0. The zero-order valence-electron chi connectivity index (χ0n) is 10.9. The molecule has 94 valence electrons. The van der Waals surface area contributed by atoms with Crippen molar-refractivity contribution in [3.05, 3.63) is 0 Å². The van der Waals surface area contributed by atoms with Crippen LogP contribution in [0, 0.1) is 5.92 Å². The van der Waals surface area contributed by atoms with Gasteiger partial charge in [0, 0.05) is 18.6 Å². The Hall–Kier alpha value is -0.610. The Bertz CT molecular complexity index is 236. The van der Waals surface area contributed by atoms with E-state index < -0.39 is 0 Å². The van der Waals surface area contributed by atoms with Crippen LogP contribution in [0.4, 0.5) is 0 Å². The smallest absolute Gasteiger partial charge is 0.248 e. The zero-order valence-corrected chi connectivity index (χ0v) is 10.9. The van der Waals surface area contributed by atoms with Gasteiger partial charge in [-0.25, -0.2) is 0 Å². The highest BCUT2D eigenvalue weighted by Gasteiger charge is 2.21. The maximum absolute atomic E-state index is 11.5. The molecule has 4 heteroatoms. The summed E-state index contributed by atoms with van der Waals surface area (Å²) in [5.41, 5.74) is 0.142. The van der Waals surface area contributed by atoms with Crippen molar-refractivity contribution in [3.63, 3.8) is 0 Å². The molecule has 1 saturated heterocycles. The first-order valence-electron chi connectivity index (χ1n) is 5.99. The molecule has 16 heavy (non-hydrogen) atoms. The predicted molar refractivity (Wildman–Crippen MR) is 64.3 cm³/mol. The fourth-order valence-electron chi connectivity index (χ4n) is 1.66. The molecule has 4 nitrogen and oxygen atoms in total. The van der Waals surface area contributed by atoms with Crippen LogP contribution in [0.2, 0.25) is 0 Å². The Morgan fingerprint density at radius 1 is 1.50 bits per heavy atom. The Morgan fingerprint density at radius 3 is 2.75 bits per heavy atom. The molecule has 1 amide bonds. The predicted octanol–water partition coefficient (Wildman–Crippen LogP) is 0.869. The summed E-state index contributed by atoms with van der Waals surface area (Å²) in [4.78, 5) is 13.4. The fraction of sp³-hybridized carbons (Fsp3) is 0.917. The minimum Gasteiger partial charge on any atom is -0.370 e. The summed E-state index contributed by atoms with van der Waals surface area (Å²) in [7, 11) is 0. The summed E-state index contributed by atoms with van der Waals surface area (Å²) >= 11 is 0. The summed E-state index contributed by atoms with van der Waals surface area (Å²) in [6.45, 7) is 12.0. The van der Waals surface area contributed by atoms with Crippen LogP contribution in [0.1, 0.15) is 27.7 Å². The van der Waals surface area contributed by atoms with E-state index in [4.69, 9.17) is 4.74 Å². The van der Waals surface area contributed by atoms with Gasteiger partial charge in [0.2, 0.25) is 5.91 Å². The molecule has 1 rings (SSSR count). The molecule has 1 aliphatic rings. The lowest BCUT2D eigenvalue weighted by molar-refractivity contribution is -0.143. The molecule has 0 saturated carbocycles. The number of ether oxygens (including phenoxy) is 1. The number of morpholine rings is 1. The van der Waals surface area contributed by atoms with Crippen LogP contribution < -0.4 is 5.32 Å². The van der Waals surface area contributed by atoms with Crippen LogP contribution >= 0.6 is 0 Å². The van der Waals surface area contributed by atoms with E-state index in [2.05, 4.69) is 33.0 Å². The van der Waals surface area contributed by atoms with E-state index in [-0.39, 0.29) is 18.1 Å². The van der Waals surface area contributed by atoms with Crippen LogP contribution in [0.5, 0.6) is 0 Å². The molecule has 0 aromatic heterocycles. The van der Waals surface area contributed by atoms with Gasteiger partial charge in [0.1, 0.15) is 6.61 Å². The lowest BCUT2D eigenvalue weighted by Crippen LogP contribution is -2.46. The highest BCUT2D eigenvalue weighted by molar-refractivity contribution is 5.77. The summed E-state index contributed by atoms with van der Waals surface area (Å²) < 4.78 is 5.10. The fourth-order valence-corrected chi connectivity index (χ4v) is 1.66. The third kappa shape index (κ3) is 4.94. The summed E-state index contributed by atoms with van der Waals surface area (Å²) in [5, 5.41) is 3.46. The Labute approximate surface area is 98.3 Å². The van der Waals surface area contributed by atoms with Gasteiger partial charge in [0.25, 0.3) is 0 Å². The van der Waals surface area contributed by atoms with Crippen LogP contribution in [-0.4, -0.2) is 49.2 Å². The molecule has 1 atom stereocenters. The first-order chi connectivity index (χ1) is 7.38. The molecule has 0 aliphatic carbocycles. The molecule has 1 N–H and O–H groups in total. The minimum absolute atomic E-state index is 0.119. The lowest BCUT2D eigenvalue weighted by atomic mass is 10.1.